The SMILES string of the molecule is CCC1CCCC(c2cc(Cl)cnc2N)C1. The van der Waals surface area contributed by atoms with E-state index in [1.807, 2.05) is 6.07 Å². The second kappa shape index (κ2) is 5.05. The van der Waals surface area contributed by atoms with Gasteiger partial charge in [0.25, 0.3) is 0 Å². The monoisotopic (exact) mass is 238 g/mol. The minimum absolute atomic E-state index is 0.560. The third-order valence-electron chi connectivity index (χ3n) is 3.72. The fourth-order valence-electron chi connectivity index (χ4n) is 2.74. The summed E-state index contributed by atoms with van der Waals surface area (Å²) in [7, 11) is 0. The maximum Gasteiger partial charge on any atom is 0.126 e. The molecule has 1 aliphatic carbocycles. The van der Waals surface area contributed by atoms with Gasteiger partial charge in [-0.2, -0.15) is 0 Å². The molecule has 1 aliphatic rings. The molecule has 1 fully saturated rings. The third kappa shape index (κ3) is 2.49. The molecule has 1 aromatic rings. The molecule has 0 radical (unpaired) electrons. The van der Waals surface area contributed by atoms with Crippen LogP contribution in [-0.4, -0.2) is 4.98 Å². The van der Waals surface area contributed by atoms with Gasteiger partial charge in [-0.3, -0.25) is 0 Å². The number of halogens is 1. The van der Waals surface area contributed by atoms with Gasteiger partial charge >= 0.3 is 0 Å². The first-order valence-corrected chi connectivity index (χ1v) is 6.49. The van der Waals surface area contributed by atoms with E-state index >= 15 is 0 Å². The molecule has 0 amide bonds. The van der Waals surface area contributed by atoms with Gasteiger partial charge in [0.1, 0.15) is 5.82 Å². The number of nitrogens with zero attached hydrogens (tertiary/aromatic N) is 1. The highest BCUT2D eigenvalue weighted by Gasteiger charge is 2.24. The second-order valence-corrected chi connectivity index (χ2v) is 5.20. The van der Waals surface area contributed by atoms with Crippen molar-refractivity contribution in [3.05, 3.63) is 22.8 Å². The summed E-state index contributed by atoms with van der Waals surface area (Å²) in [5.74, 6) is 2.06. The van der Waals surface area contributed by atoms with E-state index in [9.17, 15) is 0 Å². The Morgan fingerprint density at radius 1 is 1.50 bits per heavy atom. The maximum absolute atomic E-state index is 5.99. The third-order valence-corrected chi connectivity index (χ3v) is 3.92. The average molecular weight is 239 g/mol. The highest BCUT2D eigenvalue weighted by Crippen LogP contribution is 2.39. The summed E-state index contributed by atoms with van der Waals surface area (Å²) in [6.07, 6.45) is 8.02. The van der Waals surface area contributed by atoms with E-state index in [0.29, 0.717) is 16.8 Å². The molecule has 3 heteroatoms. The molecule has 16 heavy (non-hydrogen) atoms. The van der Waals surface area contributed by atoms with Gasteiger partial charge in [-0.15, -0.1) is 0 Å². The first kappa shape index (κ1) is 11.7. The van der Waals surface area contributed by atoms with Gasteiger partial charge in [0, 0.05) is 6.20 Å². The van der Waals surface area contributed by atoms with Crippen molar-refractivity contribution in [1.29, 1.82) is 0 Å². The number of nitrogens with two attached hydrogens (primary N) is 1. The molecule has 2 N–H and O–H groups in total. The van der Waals surface area contributed by atoms with E-state index < -0.39 is 0 Å². The lowest BCUT2D eigenvalue weighted by molar-refractivity contribution is 0.315. The molecule has 0 bridgehead atoms. The number of anilines is 1. The Morgan fingerprint density at radius 2 is 2.31 bits per heavy atom. The lowest BCUT2D eigenvalue weighted by atomic mass is 9.77. The lowest BCUT2D eigenvalue weighted by Crippen LogP contribution is -2.15. The van der Waals surface area contributed by atoms with E-state index in [2.05, 4.69) is 11.9 Å². The summed E-state index contributed by atoms with van der Waals surface area (Å²) in [5.41, 5.74) is 7.10. The molecule has 2 unspecified atom stereocenters. The Hall–Kier alpha value is -0.760. The fraction of sp³-hybridized carbons (Fsp3) is 0.615. The predicted octanol–water partition coefficient (Wildman–Crippen LogP) is 4.00. The van der Waals surface area contributed by atoms with Crippen LogP contribution in [0.15, 0.2) is 12.3 Å². The van der Waals surface area contributed by atoms with Crippen LogP contribution < -0.4 is 5.73 Å². The minimum Gasteiger partial charge on any atom is -0.383 e. The molecule has 2 rings (SSSR count). The summed E-state index contributed by atoms with van der Waals surface area (Å²) in [4.78, 5) is 4.15. The average Bonchev–Trinajstić information content (AvgIpc) is 2.32. The molecule has 0 spiro atoms. The topological polar surface area (TPSA) is 38.9 Å². The molecular formula is C13H19ClN2. The van der Waals surface area contributed by atoms with Crippen LogP contribution in [-0.2, 0) is 0 Å². The van der Waals surface area contributed by atoms with Crippen LogP contribution in [0.4, 0.5) is 5.82 Å². The molecule has 2 nitrogen and oxygen atoms in total. The van der Waals surface area contributed by atoms with Crippen molar-refractivity contribution < 1.29 is 0 Å². The summed E-state index contributed by atoms with van der Waals surface area (Å²) in [5, 5.41) is 0.697. The van der Waals surface area contributed by atoms with E-state index in [1.54, 1.807) is 6.20 Å². The molecule has 1 heterocycles. The molecule has 0 aliphatic heterocycles. The van der Waals surface area contributed by atoms with Gasteiger partial charge in [-0.1, -0.05) is 37.8 Å². The quantitative estimate of drug-likeness (QED) is 0.846. The predicted molar refractivity (Wildman–Crippen MR) is 68.6 cm³/mol. The van der Waals surface area contributed by atoms with E-state index in [-0.39, 0.29) is 0 Å². The fourth-order valence-corrected chi connectivity index (χ4v) is 2.90. The van der Waals surface area contributed by atoms with Crippen molar-refractivity contribution in [2.45, 2.75) is 44.9 Å². The van der Waals surface area contributed by atoms with Crippen LogP contribution in [0.2, 0.25) is 5.02 Å². The molecule has 0 saturated heterocycles. The van der Waals surface area contributed by atoms with Crippen molar-refractivity contribution >= 4 is 17.4 Å². The number of rotatable bonds is 2. The number of pyridine rings is 1. The summed E-state index contributed by atoms with van der Waals surface area (Å²) >= 11 is 5.99. The van der Waals surface area contributed by atoms with Gasteiger partial charge in [0.05, 0.1) is 5.02 Å². The molecule has 2 atom stereocenters. The molecule has 0 aromatic carbocycles. The van der Waals surface area contributed by atoms with Gasteiger partial charge < -0.3 is 5.73 Å². The summed E-state index contributed by atoms with van der Waals surface area (Å²) < 4.78 is 0. The lowest BCUT2D eigenvalue weighted by Gasteiger charge is -2.29. The van der Waals surface area contributed by atoms with Crippen molar-refractivity contribution in [1.82, 2.24) is 4.98 Å². The van der Waals surface area contributed by atoms with Crippen molar-refractivity contribution in [3.63, 3.8) is 0 Å². The highest BCUT2D eigenvalue weighted by molar-refractivity contribution is 6.30. The van der Waals surface area contributed by atoms with Crippen molar-refractivity contribution in [2.24, 2.45) is 5.92 Å². The Balaban J connectivity index is 2.19. The van der Waals surface area contributed by atoms with Crippen LogP contribution in [0.1, 0.15) is 50.5 Å². The Morgan fingerprint density at radius 3 is 3.06 bits per heavy atom. The van der Waals surface area contributed by atoms with E-state index in [0.717, 1.165) is 11.5 Å². The van der Waals surface area contributed by atoms with Gasteiger partial charge in [-0.05, 0) is 36.3 Å². The molecule has 88 valence electrons. The Bertz CT molecular complexity index is 365. The first-order chi connectivity index (χ1) is 7.70. The Kier molecular flexibility index (Phi) is 3.70. The first-order valence-electron chi connectivity index (χ1n) is 6.11. The largest absolute Gasteiger partial charge is 0.383 e. The molecule has 1 saturated carbocycles. The van der Waals surface area contributed by atoms with Crippen molar-refractivity contribution in [3.8, 4) is 0 Å². The smallest absolute Gasteiger partial charge is 0.126 e. The maximum atomic E-state index is 5.99. The van der Waals surface area contributed by atoms with E-state index in [4.69, 9.17) is 17.3 Å². The summed E-state index contributed by atoms with van der Waals surface area (Å²) in [6.45, 7) is 2.27. The zero-order chi connectivity index (χ0) is 11.5. The van der Waals surface area contributed by atoms with Gasteiger partial charge in [-0.25, -0.2) is 4.98 Å². The van der Waals surface area contributed by atoms with Crippen LogP contribution in [0.25, 0.3) is 0 Å². The number of hydrogen-bond donors (Lipinski definition) is 1. The summed E-state index contributed by atoms with van der Waals surface area (Å²) in [6, 6.07) is 1.99. The van der Waals surface area contributed by atoms with Crippen LogP contribution in [0, 0.1) is 5.92 Å². The normalized spacial score (nSPS) is 25.6. The van der Waals surface area contributed by atoms with Crippen LogP contribution >= 0.6 is 11.6 Å². The zero-order valence-electron chi connectivity index (χ0n) is 9.75. The standard InChI is InChI=1S/C13H19ClN2/c1-2-9-4-3-5-10(6-9)12-7-11(14)8-16-13(12)15/h7-10H,2-6H2,1H3,(H2,15,16). The highest BCUT2D eigenvalue weighted by atomic mass is 35.5. The number of aromatic nitrogens is 1. The zero-order valence-corrected chi connectivity index (χ0v) is 10.5. The van der Waals surface area contributed by atoms with E-state index in [1.165, 1.54) is 32.1 Å². The van der Waals surface area contributed by atoms with Gasteiger partial charge in [0.15, 0.2) is 0 Å². The van der Waals surface area contributed by atoms with Gasteiger partial charge in [0.2, 0.25) is 0 Å². The van der Waals surface area contributed by atoms with Crippen molar-refractivity contribution in [2.75, 3.05) is 5.73 Å². The van der Waals surface area contributed by atoms with Crippen LogP contribution in [0.3, 0.4) is 0 Å². The van der Waals surface area contributed by atoms with Crippen LogP contribution in [0.5, 0.6) is 0 Å². The number of nitrogen functional groups attached to an aromatic ring is 1. The molecular weight excluding hydrogens is 220 g/mol. The Labute approximate surface area is 102 Å². The molecule has 1 aromatic heterocycles. The second-order valence-electron chi connectivity index (χ2n) is 4.77. The number of hydrogen-bond acceptors (Lipinski definition) is 2. The minimum atomic E-state index is 0.560.